The number of fused-ring (bicyclic) bond motifs is 3. The predicted octanol–water partition coefficient (Wildman–Crippen LogP) is 3.46. The first-order chi connectivity index (χ1) is 10.8. The van der Waals surface area contributed by atoms with E-state index in [2.05, 4.69) is 0 Å². The van der Waals surface area contributed by atoms with Crippen LogP contribution in [0.2, 0.25) is 0 Å². The monoisotopic (exact) mass is 314 g/mol. The molecule has 0 aliphatic carbocycles. The van der Waals surface area contributed by atoms with E-state index in [0.29, 0.717) is 22.3 Å². The summed E-state index contributed by atoms with van der Waals surface area (Å²) in [5.74, 6) is -0.0114. The minimum Gasteiger partial charge on any atom is -0.483 e. The van der Waals surface area contributed by atoms with Crippen molar-refractivity contribution in [2.45, 2.75) is 33.3 Å². The molecule has 0 amide bonds. The summed E-state index contributed by atoms with van der Waals surface area (Å²) in [5, 5.41) is 0.694. The summed E-state index contributed by atoms with van der Waals surface area (Å²) >= 11 is 0. The van der Waals surface area contributed by atoms with E-state index in [-0.39, 0.29) is 12.2 Å². The third kappa shape index (κ3) is 2.63. The zero-order valence-electron chi connectivity index (χ0n) is 13.6. The van der Waals surface area contributed by atoms with Gasteiger partial charge in [-0.3, -0.25) is 0 Å². The summed E-state index contributed by atoms with van der Waals surface area (Å²) in [6, 6.07) is 3.42. The van der Waals surface area contributed by atoms with E-state index < -0.39 is 17.2 Å². The second kappa shape index (κ2) is 5.26. The second-order valence-corrected chi connectivity index (χ2v) is 6.05. The van der Waals surface area contributed by atoms with Crippen LogP contribution in [0.25, 0.3) is 17.0 Å². The SMILES string of the molecule is CCOC(=O)c1cc2c(C)cc3c(c2oc1=O)C=CC(C)(C)O3. The van der Waals surface area contributed by atoms with E-state index >= 15 is 0 Å². The molecule has 1 aliphatic rings. The molecule has 5 nitrogen and oxygen atoms in total. The topological polar surface area (TPSA) is 65.7 Å². The first kappa shape index (κ1) is 15.3. The molecular weight excluding hydrogens is 296 g/mol. The number of aryl methyl sites for hydroxylation is 1. The lowest BCUT2D eigenvalue weighted by molar-refractivity contribution is 0.0522. The summed E-state index contributed by atoms with van der Waals surface area (Å²) in [6.45, 7) is 7.67. The van der Waals surface area contributed by atoms with Crippen molar-refractivity contribution in [2.24, 2.45) is 0 Å². The number of carbonyl (C=O) groups excluding carboxylic acids is 1. The molecule has 23 heavy (non-hydrogen) atoms. The summed E-state index contributed by atoms with van der Waals surface area (Å²) in [7, 11) is 0. The summed E-state index contributed by atoms with van der Waals surface area (Å²) < 4.78 is 16.2. The average Bonchev–Trinajstić information content (AvgIpc) is 2.45. The van der Waals surface area contributed by atoms with Gasteiger partial charge in [0.25, 0.3) is 0 Å². The molecule has 0 saturated carbocycles. The molecule has 1 aromatic carbocycles. The zero-order valence-corrected chi connectivity index (χ0v) is 13.6. The highest BCUT2D eigenvalue weighted by atomic mass is 16.5. The first-order valence-electron chi connectivity index (χ1n) is 7.49. The minimum atomic E-state index is -0.706. The van der Waals surface area contributed by atoms with E-state index in [4.69, 9.17) is 13.9 Å². The van der Waals surface area contributed by atoms with Gasteiger partial charge in [-0.25, -0.2) is 9.59 Å². The van der Waals surface area contributed by atoms with Crippen molar-refractivity contribution >= 4 is 23.0 Å². The molecule has 1 aromatic heterocycles. The Balaban J connectivity index is 2.26. The standard InChI is InChI=1S/C18H18O5/c1-5-21-16(19)13-9-12-10(2)8-14-11(15(12)22-17(13)20)6-7-18(3,4)23-14/h6-9H,5H2,1-4H3. The minimum absolute atomic E-state index is 0.0940. The third-order valence-corrected chi connectivity index (χ3v) is 3.75. The molecule has 120 valence electrons. The Hall–Kier alpha value is -2.56. The number of benzene rings is 1. The van der Waals surface area contributed by atoms with Gasteiger partial charge in [0.1, 0.15) is 22.5 Å². The van der Waals surface area contributed by atoms with Gasteiger partial charge in [0, 0.05) is 5.39 Å². The summed E-state index contributed by atoms with van der Waals surface area (Å²) in [6.07, 6.45) is 3.79. The van der Waals surface area contributed by atoms with Crippen LogP contribution >= 0.6 is 0 Å². The fourth-order valence-corrected chi connectivity index (χ4v) is 2.62. The van der Waals surface area contributed by atoms with Crippen LogP contribution in [0.5, 0.6) is 5.75 Å². The van der Waals surface area contributed by atoms with Gasteiger partial charge in [0.05, 0.1) is 12.2 Å². The number of esters is 1. The van der Waals surface area contributed by atoms with Crippen molar-refractivity contribution < 1.29 is 18.7 Å². The summed E-state index contributed by atoms with van der Waals surface area (Å²) in [5.41, 5.74) is 0.768. The fourth-order valence-electron chi connectivity index (χ4n) is 2.62. The fraction of sp³-hybridized carbons (Fsp3) is 0.333. The van der Waals surface area contributed by atoms with E-state index in [1.807, 2.05) is 39.0 Å². The van der Waals surface area contributed by atoms with Crippen LogP contribution in [0, 0.1) is 6.92 Å². The molecular formula is C18H18O5. The molecule has 0 N–H and O–H groups in total. The molecule has 5 heteroatoms. The molecule has 0 fully saturated rings. The van der Waals surface area contributed by atoms with Crippen LogP contribution in [0.4, 0.5) is 0 Å². The highest BCUT2D eigenvalue weighted by Gasteiger charge is 2.25. The Morgan fingerprint density at radius 3 is 2.74 bits per heavy atom. The largest absolute Gasteiger partial charge is 0.483 e. The number of ether oxygens (including phenoxy) is 2. The van der Waals surface area contributed by atoms with Crippen molar-refractivity contribution in [1.82, 2.24) is 0 Å². The third-order valence-electron chi connectivity index (χ3n) is 3.75. The van der Waals surface area contributed by atoms with Gasteiger partial charge in [-0.2, -0.15) is 0 Å². The molecule has 2 heterocycles. The highest BCUT2D eigenvalue weighted by Crippen LogP contribution is 2.37. The van der Waals surface area contributed by atoms with E-state index in [1.54, 1.807) is 6.92 Å². The van der Waals surface area contributed by atoms with Crippen LogP contribution in [-0.2, 0) is 4.74 Å². The van der Waals surface area contributed by atoms with Crippen LogP contribution in [0.1, 0.15) is 42.3 Å². The van der Waals surface area contributed by atoms with Crippen molar-refractivity contribution in [2.75, 3.05) is 6.61 Å². The lowest BCUT2D eigenvalue weighted by Crippen LogP contribution is -2.27. The molecule has 0 bridgehead atoms. The number of hydrogen-bond acceptors (Lipinski definition) is 5. The van der Waals surface area contributed by atoms with Crippen LogP contribution in [0.3, 0.4) is 0 Å². The second-order valence-electron chi connectivity index (χ2n) is 6.05. The van der Waals surface area contributed by atoms with Gasteiger partial charge in [-0.15, -0.1) is 0 Å². The Morgan fingerprint density at radius 2 is 2.04 bits per heavy atom. The van der Waals surface area contributed by atoms with Crippen LogP contribution in [-0.4, -0.2) is 18.2 Å². The molecule has 3 rings (SSSR count). The maximum Gasteiger partial charge on any atom is 0.351 e. The maximum atomic E-state index is 12.1. The Labute approximate surface area is 133 Å². The van der Waals surface area contributed by atoms with Crippen LogP contribution in [0.15, 0.2) is 27.4 Å². The number of hydrogen-bond donors (Lipinski definition) is 0. The van der Waals surface area contributed by atoms with Gasteiger partial charge in [0.15, 0.2) is 0 Å². The Kier molecular flexibility index (Phi) is 3.51. The van der Waals surface area contributed by atoms with Crippen molar-refractivity contribution in [3.05, 3.63) is 45.3 Å². The molecule has 0 atom stereocenters. The smallest absolute Gasteiger partial charge is 0.351 e. The Morgan fingerprint density at radius 1 is 1.30 bits per heavy atom. The lowest BCUT2D eigenvalue weighted by Gasteiger charge is -2.28. The van der Waals surface area contributed by atoms with Gasteiger partial charge in [-0.05, 0) is 57.5 Å². The normalized spacial score (nSPS) is 15.1. The van der Waals surface area contributed by atoms with E-state index in [0.717, 1.165) is 5.56 Å². The first-order valence-corrected chi connectivity index (χ1v) is 7.49. The predicted molar refractivity (Wildman–Crippen MR) is 86.9 cm³/mol. The molecule has 2 aromatic rings. The van der Waals surface area contributed by atoms with Gasteiger partial charge >= 0.3 is 11.6 Å². The summed E-state index contributed by atoms with van der Waals surface area (Å²) in [4.78, 5) is 24.0. The van der Waals surface area contributed by atoms with Crippen molar-refractivity contribution in [1.29, 1.82) is 0 Å². The van der Waals surface area contributed by atoms with Gasteiger partial charge in [0.2, 0.25) is 0 Å². The lowest BCUT2D eigenvalue weighted by atomic mass is 9.98. The Bertz CT molecular complexity index is 886. The molecule has 0 unspecified atom stereocenters. The maximum absolute atomic E-state index is 12.1. The average molecular weight is 314 g/mol. The molecule has 0 saturated heterocycles. The number of rotatable bonds is 2. The number of carbonyl (C=O) groups is 1. The van der Waals surface area contributed by atoms with Crippen molar-refractivity contribution in [3.8, 4) is 5.75 Å². The van der Waals surface area contributed by atoms with Crippen molar-refractivity contribution in [3.63, 3.8) is 0 Å². The molecule has 0 spiro atoms. The van der Waals surface area contributed by atoms with E-state index in [1.165, 1.54) is 6.07 Å². The van der Waals surface area contributed by atoms with Crippen LogP contribution < -0.4 is 10.4 Å². The quantitative estimate of drug-likeness (QED) is 0.627. The van der Waals surface area contributed by atoms with E-state index in [9.17, 15) is 9.59 Å². The molecule has 1 aliphatic heterocycles. The van der Waals surface area contributed by atoms with Gasteiger partial charge in [-0.1, -0.05) is 0 Å². The molecule has 0 radical (unpaired) electrons. The van der Waals surface area contributed by atoms with Gasteiger partial charge < -0.3 is 13.9 Å². The zero-order chi connectivity index (χ0) is 16.8. The highest BCUT2D eigenvalue weighted by molar-refractivity contribution is 5.97.